The van der Waals surface area contributed by atoms with Gasteiger partial charge in [0.15, 0.2) is 0 Å². The summed E-state index contributed by atoms with van der Waals surface area (Å²) >= 11 is 0. The molecule has 1 aromatic heterocycles. The lowest BCUT2D eigenvalue weighted by Crippen LogP contribution is -2.43. The van der Waals surface area contributed by atoms with Gasteiger partial charge in [-0.15, -0.1) is 0 Å². The lowest BCUT2D eigenvalue weighted by Gasteiger charge is -2.17. The van der Waals surface area contributed by atoms with Gasteiger partial charge in [-0.1, -0.05) is 48.9 Å². The van der Waals surface area contributed by atoms with E-state index >= 15 is 0 Å². The van der Waals surface area contributed by atoms with Gasteiger partial charge in [0.2, 0.25) is 5.91 Å². The van der Waals surface area contributed by atoms with Crippen LogP contribution in [0.4, 0.5) is 0 Å². The normalized spacial score (nSPS) is 12.1. The number of nitrogens with one attached hydrogen (secondary N) is 1. The highest BCUT2D eigenvalue weighted by Gasteiger charge is 2.17. The summed E-state index contributed by atoms with van der Waals surface area (Å²) < 4.78 is 2.63. The molecule has 0 radical (unpaired) electrons. The van der Waals surface area contributed by atoms with E-state index < -0.39 is 5.69 Å². The Bertz CT molecular complexity index is 1110. The Morgan fingerprint density at radius 2 is 1.75 bits per heavy atom. The minimum atomic E-state index is -0.455. The predicted octanol–water partition coefficient (Wildman–Crippen LogP) is 2.76. The van der Waals surface area contributed by atoms with E-state index in [2.05, 4.69) is 5.32 Å². The zero-order valence-corrected chi connectivity index (χ0v) is 16.4. The molecule has 3 rings (SSSR count). The second kappa shape index (κ2) is 8.25. The Morgan fingerprint density at radius 1 is 1.07 bits per heavy atom. The molecule has 1 N–H and O–H groups in total. The van der Waals surface area contributed by atoms with Crippen LogP contribution in [0.25, 0.3) is 10.9 Å². The summed E-state index contributed by atoms with van der Waals surface area (Å²) in [4.78, 5) is 38.3. The molecule has 0 fully saturated rings. The van der Waals surface area contributed by atoms with E-state index in [4.69, 9.17) is 0 Å². The van der Waals surface area contributed by atoms with E-state index in [1.165, 1.54) is 9.13 Å². The number of carbonyl (C=O) groups is 1. The van der Waals surface area contributed by atoms with Crippen LogP contribution in [0.3, 0.4) is 0 Å². The first-order chi connectivity index (χ1) is 13.4. The van der Waals surface area contributed by atoms with Crippen molar-refractivity contribution in [2.24, 2.45) is 0 Å². The first-order valence-electron chi connectivity index (χ1n) is 9.48. The van der Waals surface area contributed by atoms with Crippen molar-refractivity contribution in [3.8, 4) is 0 Å². The lowest BCUT2D eigenvalue weighted by molar-refractivity contribution is -0.121. The maximum absolute atomic E-state index is 13.0. The third-order valence-electron chi connectivity index (χ3n) is 5.02. The van der Waals surface area contributed by atoms with E-state index in [0.717, 1.165) is 11.1 Å². The molecule has 2 aromatic carbocycles. The van der Waals surface area contributed by atoms with Gasteiger partial charge in [-0.05, 0) is 38.0 Å². The number of amides is 1. The zero-order chi connectivity index (χ0) is 20.3. The summed E-state index contributed by atoms with van der Waals surface area (Å²) in [6.45, 7) is 6.01. The Kier molecular flexibility index (Phi) is 5.78. The van der Waals surface area contributed by atoms with Crippen LogP contribution in [0.5, 0.6) is 0 Å². The van der Waals surface area contributed by atoms with E-state index in [1.807, 2.05) is 45.0 Å². The van der Waals surface area contributed by atoms with Gasteiger partial charge in [0, 0.05) is 12.6 Å². The Balaban J connectivity index is 1.93. The van der Waals surface area contributed by atoms with E-state index in [1.54, 1.807) is 24.3 Å². The van der Waals surface area contributed by atoms with Gasteiger partial charge in [-0.25, -0.2) is 4.79 Å². The van der Waals surface area contributed by atoms with Crippen molar-refractivity contribution < 1.29 is 4.79 Å². The van der Waals surface area contributed by atoms with Crippen LogP contribution in [0.1, 0.15) is 37.4 Å². The van der Waals surface area contributed by atoms with Gasteiger partial charge in [0.1, 0.15) is 6.54 Å². The Morgan fingerprint density at radius 3 is 2.43 bits per heavy atom. The van der Waals surface area contributed by atoms with E-state index in [-0.39, 0.29) is 24.1 Å². The number of benzene rings is 2. The highest BCUT2D eigenvalue weighted by atomic mass is 16.2. The quantitative estimate of drug-likeness (QED) is 0.716. The molecule has 1 atom stereocenters. The van der Waals surface area contributed by atoms with Crippen molar-refractivity contribution >= 4 is 16.8 Å². The summed E-state index contributed by atoms with van der Waals surface area (Å²) in [6, 6.07) is 14.6. The molecule has 0 bridgehead atoms. The van der Waals surface area contributed by atoms with Crippen molar-refractivity contribution in [1.82, 2.24) is 14.5 Å². The van der Waals surface area contributed by atoms with Crippen molar-refractivity contribution in [2.45, 2.75) is 46.3 Å². The highest BCUT2D eigenvalue weighted by Crippen LogP contribution is 2.11. The minimum absolute atomic E-state index is 0.137. The Labute approximate surface area is 163 Å². The third kappa shape index (κ3) is 3.91. The topological polar surface area (TPSA) is 73.1 Å². The van der Waals surface area contributed by atoms with Crippen molar-refractivity contribution in [2.75, 3.05) is 0 Å². The minimum Gasteiger partial charge on any atom is -0.350 e. The predicted molar refractivity (Wildman–Crippen MR) is 110 cm³/mol. The van der Waals surface area contributed by atoms with E-state index in [0.29, 0.717) is 23.9 Å². The van der Waals surface area contributed by atoms with Gasteiger partial charge in [0.25, 0.3) is 5.56 Å². The summed E-state index contributed by atoms with van der Waals surface area (Å²) in [5, 5.41) is 3.29. The third-order valence-corrected chi connectivity index (χ3v) is 5.02. The number of hydrogen-bond donors (Lipinski definition) is 1. The molecule has 0 aliphatic carbocycles. The molecule has 0 aliphatic rings. The number of carbonyl (C=O) groups excluding carboxylic acids is 1. The summed E-state index contributed by atoms with van der Waals surface area (Å²) in [5.41, 5.74) is 1.85. The molecule has 6 nitrogen and oxygen atoms in total. The molecule has 146 valence electrons. The van der Waals surface area contributed by atoms with Gasteiger partial charge >= 0.3 is 5.69 Å². The maximum Gasteiger partial charge on any atom is 0.332 e. The molecular weight excluding hydrogens is 354 g/mol. The zero-order valence-electron chi connectivity index (χ0n) is 16.4. The molecule has 3 aromatic rings. The number of rotatable bonds is 6. The summed E-state index contributed by atoms with van der Waals surface area (Å²) in [5.74, 6) is -0.276. The molecule has 6 heteroatoms. The van der Waals surface area contributed by atoms with Crippen LogP contribution >= 0.6 is 0 Å². The average molecular weight is 379 g/mol. The highest BCUT2D eigenvalue weighted by molar-refractivity contribution is 5.81. The number of fused-ring (bicyclic) bond motifs is 1. The van der Waals surface area contributed by atoms with Crippen molar-refractivity contribution in [1.29, 1.82) is 0 Å². The Hall–Kier alpha value is -3.15. The van der Waals surface area contributed by atoms with Crippen LogP contribution in [0.2, 0.25) is 0 Å². The monoisotopic (exact) mass is 379 g/mol. The molecule has 28 heavy (non-hydrogen) atoms. The second-order valence-corrected chi connectivity index (χ2v) is 7.08. The van der Waals surface area contributed by atoms with Crippen LogP contribution in [-0.2, 0) is 17.9 Å². The standard InChI is InChI=1S/C22H25N3O3/c1-4-16(3)25-21(27)18-7-5-6-8-19(18)24(22(25)28)14-20(26)23-13-17-11-9-15(2)10-12-17/h5-12,16H,4,13-14H2,1-3H3,(H,23,26)/t16-/m1/s1. The summed E-state index contributed by atoms with van der Waals surface area (Å²) in [6.07, 6.45) is 0.646. The smallest absolute Gasteiger partial charge is 0.332 e. The first-order valence-corrected chi connectivity index (χ1v) is 9.48. The largest absolute Gasteiger partial charge is 0.350 e. The lowest BCUT2D eigenvalue weighted by atomic mass is 10.1. The van der Waals surface area contributed by atoms with Crippen molar-refractivity contribution in [3.05, 3.63) is 80.5 Å². The van der Waals surface area contributed by atoms with Crippen LogP contribution in [0.15, 0.2) is 58.1 Å². The number of para-hydroxylation sites is 1. The van der Waals surface area contributed by atoms with Gasteiger partial charge < -0.3 is 5.32 Å². The first kappa shape index (κ1) is 19.6. The molecule has 0 saturated heterocycles. The van der Waals surface area contributed by atoms with Crippen LogP contribution in [-0.4, -0.2) is 15.0 Å². The average Bonchev–Trinajstić information content (AvgIpc) is 2.70. The molecule has 0 unspecified atom stereocenters. The van der Waals surface area contributed by atoms with Crippen LogP contribution in [0, 0.1) is 6.92 Å². The maximum atomic E-state index is 13.0. The number of aromatic nitrogens is 2. The fourth-order valence-corrected chi connectivity index (χ4v) is 3.17. The fraction of sp³-hybridized carbons (Fsp3) is 0.318. The number of hydrogen-bond acceptors (Lipinski definition) is 3. The molecule has 0 aliphatic heterocycles. The molecule has 0 saturated carbocycles. The molecular formula is C22H25N3O3. The second-order valence-electron chi connectivity index (χ2n) is 7.08. The van der Waals surface area contributed by atoms with E-state index in [9.17, 15) is 14.4 Å². The van der Waals surface area contributed by atoms with Gasteiger partial charge in [-0.2, -0.15) is 0 Å². The van der Waals surface area contributed by atoms with Gasteiger partial charge in [0.05, 0.1) is 10.9 Å². The fourth-order valence-electron chi connectivity index (χ4n) is 3.17. The molecule has 0 spiro atoms. The van der Waals surface area contributed by atoms with Gasteiger partial charge in [-0.3, -0.25) is 18.7 Å². The number of nitrogens with zero attached hydrogens (tertiary/aromatic N) is 2. The number of aryl methyl sites for hydroxylation is 1. The van der Waals surface area contributed by atoms with Crippen molar-refractivity contribution in [3.63, 3.8) is 0 Å². The van der Waals surface area contributed by atoms with Crippen LogP contribution < -0.4 is 16.6 Å². The molecule has 1 heterocycles. The SMILES string of the molecule is CC[C@@H](C)n1c(=O)c2ccccc2n(CC(=O)NCc2ccc(C)cc2)c1=O. The summed E-state index contributed by atoms with van der Waals surface area (Å²) in [7, 11) is 0. The molecule has 1 amide bonds.